The van der Waals surface area contributed by atoms with Crippen LogP contribution in [0.25, 0.3) is 0 Å². The molecule has 2 heterocycles. The normalized spacial score (nSPS) is 31.6. The molecular formula is C21H27F3N2O2. The molecule has 1 aromatic rings. The summed E-state index contributed by atoms with van der Waals surface area (Å²) in [4.78, 5) is 16.6. The molecule has 4 nitrogen and oxygen atoms in total. The number of amides is 1. The van der Waals surface area contributed by atoms with Crippen LogP contribution in [-0.2, 0) is 16.1 Å². The van der Waals surface area contributed by atoms with Gasteiger partial charge in [0.05, 0.1) is 18.8 Å². The van der Waals surface area contributed by atoms with Gasteiger partial charge in [0.25, 0.3) is 0 Å². The number of benzene rings is 1. The topological polar surface area (TPSA) is 32.8 Å². The minimum atomic E-state index is -4.56. The van der Waals surface area contributed by atoms with Gasteiger partial charge in [-0.1, -0.05) is 43.2 Å². The smallest absolute Gasteiger partial charge is 0.374 e. The lowest BCUT2D eigenvalue weighted by Crippen LogP contribution is -2.61. The minimum Gasteiger partial charge on any atom is -0.374 e. The summed E-state index contributed by atoms with van der Waals surface area (Å²) in [6.45, 7) is 1.03. The Morgan fingerprint density at radius 2 is 1.89 bits per heavy atom. The number of ether oxygens (including phenoxy) is 1. The summed E-state index contributed by atoms with van der Waals surface area (Å²) in [6.07, 6.45) is -1.33. The number of morpholine rings is 1. The molecule has 2 aliphatic heterocycles. The van der Waals surface area contributed by atoms with E-state index in [1.54, 1.807) is 4.90 Å². The third-order valence-electron chi connectivity index (χ3n) is 6.54. The van der Waals surface area contributed by atoms with E-state index in [2.05, 4.69) is 0 Å². The molecule has 0 aromatic heterocycles. The molecule has 0 N–H and O–H groups in total. The van der Waals surface area contributed by atoms with E-state index in [0.717, 1.165) is 31.2 Å². The van der Waals surface area contributed by atoms with Crippen molar-refractivity contribution in [2.75, 3.05) is 26.2 Å². The van der Waals surface area contributed by atoms with Crippen LogP contribution < -0.4 is 0 Å². The maximum Gasteiger partial charge on any atom is 0.404 e. The molecule has 0 bridgehead atoms. The van der Waals surface area contributed by atoms with Crippen LogP contribution in [0.2, 0.25) is 0 Å². The largest absolute Gasteiger partial charge is 0.404 e. The lowest BCUT2D eigenvalue weighted by molar-refractivity contribution is -0.229. The van der Waals surface area contributed by atoms with Crippen LogP contribution in [0, 0.1) is 5.41 Å². The summed E-state index contributed by atoms with van der Waals surface area (Å²) >= 11 is 0. The molecule has 3 atom stereocenters. The van der Waals surface area contributed by atoms with E-state index in [0.29, 0.717) is 13.2 Å². The fourth-order valence-corrected chi connectivity index (χ4v) is 5.02. The number of halogens is 3. The second kappa shape index (κ2) is 7.67. The van der Waals surface area contributed by atoms with Gasteiger partial charge in [-0.05, 0) is 31.4 Å². The molecule has 154 valence electrons. The Morgan fingerprint density at radius 3 is 2.64 bits per heavy atom. The molecule has 1 saturated carbocycles. The summed E-state index contributed by atoms with van der Waals surface area (Å²) in [5.74, 6) is -0.740. The Labute approximate surface area is 163 Å². The van der Waals surface area contributed by atoms with Crippen LogP contribution in [-0.4, -0.2) is 60.3 Å². The standard InChI is InChI=1S/C21H27F3N2O2/c22-21(23,24)20(10-11-25(15-20)14-16-6-2-1-3-7-16)19(27)26-12-13-28-18-9-5-4-8-17(18)26/h1-3,6-7,17-18H,4-5,8-15H2. The first kappa shape index (κ1) is 19.7. The van der Waals surface area contributed by atoms with E-state index in [4.69, 9.17) is 4.74 Å². The number of hydrogen-bond acceptors (Lipinski definition) is 3. The summed E-state index contributed by atoms with van der Waals surface area (Å²) in [5.41, 5.74) is -1.34. The minimum absolute atomic E-state index is 0.112. The summed E-state index contributed by atoms with van der Waals surface area (Å²) < 4.78 is 48.5. The molecule has 3 fully saturated rings. The number of nitrogens with zero attached hydrogens (tertiary/aromatic N) is 2. The molecule has 1 amide bonds. The van der Waals surface area contributed by atoms with Gasteiger partial charge >= 0.3 is 6.18 Å². The number of likely N-dealkylation sites (tertiary alicyclic amines) is 1. The van der Waals surface area contributed by atoms with Gasteiger partial charge in [-0.3, -0.25) is 9.69 Å². The van der Waals surface area contributed by atoms with Crippen molar-refractivity contribution in [3.63, 3.8) is 0 Å². The van der Waals surface area contributed by atoms with Crippen molar-refractivity contribution < 1.29 is 22.7 Å². The summed E-state index contributed by atoms with van der Waals surface area (Å²) in [6, 6.07) is 9.25. The highest BCUT2D eigenvalue weighted by Crippen LogP contribution is 2.48. The number of rotatable bonds is 3. The first-order valence-corrected chi connectivity index (χ1v) is 10.2. The van der Waals surface area contributed by atoms with Gasteiger partial charge in [0.15, 0.2) is 5.41 Å². The number of hydrogen-bond donors (Lipinski definition) is 0. The average molecular weight is 396 g/mol. The number of alkyl halides is 3. The van der Waals surface area contributed by atoms with Crippen molar-refractivity contribution in [3.8, 4) is 0 Å². The van der Waals surface area contributed by atoms with E-state index in [-0.39, 0.29) is 38.2 Å². The number of carbonyl (C=O) groups is 1. The highest BCUT2D eigenvalue weighted by Gasteiger charge is 2.64. The van der Waals surface area contributed by atoms with Gasteiger partial charge in [0, 0.05) is 19.6 Å². The molecule has 0 spiro atoms. The van der Waals surface area contributed by atoms with Crippen molar-refractivity contribution >= 4 is 5.91 Å². The van der Waals surface area contributed by atoms with Gasteiger partial charge in [-0.2, -0.15) is 13.2 Å². The zero-order valence-corrected chi connectivity index (χ0v) is 16.0. The van der Waals surface area contributed by atoms with Crippen molar-refractivity contribution in [1.29, 1.82) is 0 Å². The molecule has 7 heteroatoms. The monoisotopic (exact) mass is 396 g/mol. The van der Waals surface area contributed by atoms with Crippen molar-refractivity contribution in [2.45, 2.75) is 57.0 Å². The fourth-order valence-electron chi connectivity index (χ4n) is 5.02. The van der Waals surface area contributed by atoms with Crippen molar-refractivity contribution in [2.24, 2.45) is 5.41 Å². The van der Waals surface area contributed by atoms with E-state index >= 15 is 0 Å². The Hall–Kier alpha value is -1.60. The molecule has 3 aliphatic rings. The van der Waals surface area contributed by atoms with E-state index in [1.807, 2.05) is 30.3 Å². The van der Waals surface area contributed by atoms with Gasteiger partial charge in [0.1, 0.15) is 0 Å². The summed E-state index contributed by atoms with van der Waals surface area (Å²) in [5, 5.41) is 0. The Kier molecular flexibility index (Phi) is 5.40. The lowest BCUT2D eigenvalue weighted by atomic mass is 9.82. The van der Waals surface area contributed by atoms with Crippen LogP contribution in [0.1, 0.15) is 37.7 Å². The van der Waals surface area contributed by atoms with E-state index in [9.17, 15) is 18.0 Å². The molecule has 28 heavy (non-hydrogen) atoms. The quantitative estimate of drug-likeness (QED) is 0.783. The fraction of sp³-hybridized carbons (Fsp3) is 0.667. The Balaban J connectivity index is 1.55. The number of fused-ring (bicyclic) bond motifs is 1. The second-order valence-electron chi connectivity index (χ2n) is 8.29. The first-order chi connectivity index (χ1) is 13.4. The van der Waals surface area contributed by atoms with Gasteiger partial charge in [-0.15, -0.1) is 0 Å². The SMILES string of the molecule is O=C(N1CCOC2CCCCC21)C1(C(F)(F)F)CCN(Cc2ccccc2)C1. The highest BCUT2D eigenvalue weighted by atomic mass is 19.4. The predicted molar refractivity (Wildman–Crippen MR) is 98.5 cm³/mol. The maximum atomic E-state index is 14.3. The third kappa shape index (κ3) is 3.54. The third-order valence-corrected chi connectivity index (χ3v) is 6.54. The van der Waals surface area contributed by atoms with Crippen LogP contribution in [0.5, 0.6) is 0 Å². The zero-order chi connectivity index (χ0) is 19.8. The van der Waals surface area contributed by atoms with Gasteiger partial charge < -0.3 is 9.64 Å². The first-order valence-electron chi connectivity index (χ1n) is 10.2. The zero-order valence-electron chi connectivity index (χ0n) is 16.0. The number of carbonyl (C=O) groups excluding carboxylic acids is 1. The predicted octanol–water partition coefficient (Wildman–Crippen LogP) is 3.61. The second-order valence-corrected chi connectivity index (χ2v) is 8.29. The summed E-state index contributed by atoms with van der Waals surface area (Å²) in [7, 11) is 0. The van der Waals surface area contributed by atoms with Crippen LogP contribution in [0.3, 0.4) is 0 Å². The van der Waals surface area contributed by atoms with Gasteiger partial charge in [0.2, 0.25) is 5.91 Å². The molecule has 1 aromatic carbocycles. The molecule has 3 unspecified atom stereocenters. The molecule has 0 radical (unpaired) electrons. The van der Waals surface area contributed by atoms with Crippen LogP contribution >= 0.6 is 0 Å². The Morgan fingerprint density at radius 1 is 1.14 bits per heavy atom. The molecule has 1 aliphatic carbocycles. The maximum absolute atomic E-state index is 14.3. The van der Waals surface area contributed by atoms with Gasteiger partial charge in [-0.25, -0.2) is 0 Å². The van der Waals surface area contributed by atoms with E-state index < -0.39 is 17.5 Å². The van der Waals surface area contributed by atoms with Crippen molar-refractivity contribution in [1.82, 2.24) is 9.80 Å². The molecular weight excluding hydrogens is 369 g/mol. The average Bonchev–Trinajstić information content (AvgIpc) is 3.13. The van der Waals surface area contributed by atoms with E-state index in [1.165, 1.54) is 4.90 Å². The van der Waals surface area contributed by atoms with Crippen LogP contribution in [0.4, 0.5) is 13.2 Å². The van der Waals surface area contributed by atoms with Crippen molar-refractivity contribution in [3.05, 3.63) is 35.9 Å². The van der Waals surface area contributed by atoms with Crippen LogP contribution in [0.15, 0.2) is 30.3 Å². The molecule has 4 rings (SSSR count). The lowest BCUT2D eigenvalue weighted by Gasteiger charge is -2.47. The highest BCUT2D eigenvalue weighted by molar-refractivity contribution is 5.85. The Bertz CT molecular complexity index is 695. The molecule has 2 saturated heterocycles.